The fourth-order valence-corrected chi connectivity index (χ4v) is 2.45. The van der Waals surface area contributed by atoms with Crippen molar-refractivity contribution < 1.29 is 14.3 Å². The van der Waals surface area contributed by atoms with Crippen molar-refractivity contribution in [3.63, 3.8) is 0 Å². The van der Waals surface area contributed by atoms with E-state index in [4.69, 9.17) is 5.11 Å². The highest BCUT2D eigenvalue weighted by Crippen LogP contribution is 2.24. The summed E-state index contributed by atoms with van der Waals surface area (Å²) in [4.78, 5) is 10.4. The molecule has 0 aliphatic carbocycles. The molecule has 0 spiro atoms. The van der Waals surface area contributed by atoms with E-state index in [1.165, 1.54) is 18.2 Å². The van der Waals surface area contributed by atoms with Crippen LogP contribution < -0.4 is 0 Å². The lowest BCUT2D eigenvalue weighted by Crippen LogP contribution is -2.05. The largest absolute Gasteiger partial charge is 0.478 e. The second-order valence-corrected chi connectivity index (χ2v) is 6.19. The Labute approximate surface area is 117 Å². The smallest absolute Gasteiger partial charge is 0.328 e. The van der Waals surface area contributed by atoms with E-state index in [0.29, 0.717) is 16.7 Å². The molecule has 0 amide bonds. The summed E-state index contributed by atoms with van der Waals surface area (Å²) < 4.78 is 13.4. The van der Waals surface area contributed by atoms with Crippen LogP contribution in [0.3, 0.4) is 0 Å². The number of hydrogen-bond donors (Lipinski definition) is 1. The zero-order chi connectivity index (χ0) is 14.4. The lowest BCUT2D eigenvalue weighted by molar-refractivity contribution is -0.131. The maximum atomic E-state index is 13.4. The third-order valence-electron chi connectivity index (χ3n) is 2.85. The van der Waals surface area contributed by atoms with Crippen molar-refractivity contribution in [2.75, 3.05) is 0 Å². The maximum absolute atomic E-state index is 13.4. The van der Waals surface area contributed by atoms with Crippen LogP contribution in [-0.2, 0) is 10.5 Å². The second kappa shape index (κ2) is 7.34. The van der Waals surface area contributed by atoms with Gasteiger partial charge in [-0.05, 0) is 35.3 Å². The predicted octanol–water partition coefficient (Wildman–Crippen LogP) is 4.20. The summed E-state index contributed by atoms with van der Waals surface area (Å²) in [6.07, 6.45) is 2.42. The number of carbonyl (C=O) groups is 1. The molecule has 0 heterocycles. The van der Waals surface area contributed by atoms with Gasteiger partial charge in [0.25, 0.3) is 0 Å². The van der Waals surface area contributed by atoms with Crippen LogP contribution in [0.2, 0.25) is 0 Å². The molecule has 0 aliphatic rings. The molecule has 1 atom stereocenters. The van der Waals surface area contributed by atoms with Gasteiger partial charge in [0.05, 0.1) is 0 Å². The van der Waals surface area contributed by atoms with E-state index >= 15 is 0 Å². The molecule has 0 bridgehead atoms. The van der Waals surface area contributed by atoms with E-state index in [0.717, 1.165) is 17.4 Å². The quantitative estimate of drug-likeness (QED) is 0.794. The van der Waals surface area contributed by atoms with Gasteiger partial charge in [-0.2, -0.15) is 11.8 Å². The average molecular weight is 282 g/mol. The summed E-state index contributed by atoms with van der Waals surface area (Å²) in [6, 6.07) is 4.65. The van der Waals surface area contributed by atoms with Crippen molar-refractivity contribution >= 4 is 23.8 Å². The molecule has 1 aromatic carbocycles. The molecule has 1 N–H and O–H groups in total. The monoisotopic (exact) mass is 282 g/mol. The molecule has 1 aromatic rings. The van der Waals surface area contributed by atoms with Crippen LogP contribution in [0.5, 0.6) is 0 Å². The standard InChI is InChI=1S/C15H19FO2S/c1-10(2)11(3)19-9-13-6-12(4-5-15(17)18)7-14(16)8-13/h4-8,10-11H,9H2,1-3H3,(H,17,18)/b5-4+. The summed E-state index contributed by atoms with van der Waals surface area (Å²) in [5.74, 6) is -0.0655. The molecule has 4 heteroatoms. The lowest BCUT2D eigenvalue weighted by atomic mass is 10.1. The predicted molar refractivity (Wildman–Crippen MR) is 78.7 cm³/mol. The van der Waals surface area contributed by atoms with Crippen LogP contribution in [0.25, 0.3) is 6.08 Å². The average Bonchev–Trinajstić information content (AvgIpc) is 2.32. The number of benzene rings is 1. The molecule has 0 saturated heterocycles. The van der Waals surface area contributed by atoms with E-state index in [2.05, 4.69) is 20.8 Å². The Morgan fingerprint density at radius 2 is 2.05 bits per heavy atom. The van der Waals surface area contributed by atoms with Crippen LogP contribution in [0.1, 0.15) is 31.9 Å². The summed E-state index contributed by atoms with van der Waals surface area (Å²) >= 11 is 1.77. The van der Waals surface area contributed by atoms with Gasteiger partial charge < -0.3 is 5.11 Å². The maximum Gasteiger partial charge on any atom is 0.328 e. The Kier molecular flexibility index (Phi) is 6.09. The number of carboxylic acids is 1. The Bertz CT molecular complexity index is 469. The molecular formula is C15H19FO2S. The van der Waals surface area contributed by atoms with Crippen molar-refractivity contribution in [3.8, 4) is 0 Å². The molecule has 19 heavy (non-hydrogen) atoms. The van der Waals surface area contributed by atoms with E-state index < -0.39 is 5.97 Å². The van der Waals surface area contributed by atoms with Crippen LogP contribution in [0, 0.1) is 11.7 Å². The van der Waals surface area contributed by atoms with Gasteiger partial charge in [0.2, 0.25) is 0 Å². The van der Waals surface area contributed by atoms with Gasteiger partial charge in [0.15, 0.2) is 0 Å². The van der Waals surface area contributed by atoms with Crippen molar-refractivity contribution in [2.24, 2.45) is 5.92 Å². The minimum absolute atomic E-state index is 0.333. The van der Waals surface area contributed by atoms with Crippen LogP contribution in [0.15, 0.2) is 24.3 Å². The van der Waals surface area contributed by atoms with Crippen molar-refractivity contribution in [1.82, 2.24) is 0 Å². The summed E-state index contributed by atoms with van der Waals surface area (Å²) in [6.45, 7) is 6.47. The highest BCUT2D eigenvalue weighted by atomic mass is 32.2. The number of thioether (sulfide) groups is 1. The lowest BCUT2D eigenvalue weighted by Gasteiger charge is -2.15. The first-order chi connectivity index (χ1) is 8.88. The third-order valence-corrected chi connectivity index (χ3v) is 4.42. The van der Waals surface area contributed by atoms with Crippen LogP contribution in [0.4, 0.5) is 4.39 Å². The highest BCUT2D eigenvalue weighted by Gasteiger charge is 2.08. The molecule has 0 aromatic heterocycles. The molecule has 0 fully saturated rings. The summed E-state index contributed by atoms with van der Waals surface area (Å²) in [7, 11) is 0. The summed E-state index contributed by atoms with van der Waals surface area (Å²) in [5.41, 5.74) is 1.46. The highest BCUT2D eigenvalue weighted by molar-refractivity contribution is 7.99. The minimum atomic E-state index is -1.03. The topological polar surface area (TPSA) is 37.3 Å². The number of halogens is 1. The Morgan fingerprint density at radius 1 is 1.37 bits per heavy atom. The Hall–Kier alpha value is -1.29. The van der Waals surface area contributed by atoms with Crippen LogP contribution in [-0.4, -0.2) is 16.3 Å². The first-order valence-electron chi connectivity index (χ1n) is 6.20. The first-order valence-corrected chi connectivity index (χ1v) is 7.25. The molecule has 0 aliphatic heterocycles. The molecule has 104 valence electrons. The minimum Gasteiger partial charge on any atom is -0.478 e. The summed E-state index contributed by atoms with van der Waals surface area (Å²) in [5, 5.41) is 9.07. The molecule has 2 nitrogen and oxygen atoms in total. The molecular weight excluding hydrogens is 263 g/mol. The van der Waals surface area contributed by atoms with E-state index in [1.807, 2.05) is 6.07 Å². The first kappa shape index (κ1) is 15.8. The van der Waals surface area contributed by atoms with E-state index in [9.17, 15) is 9.18 Å². The van der Waals surface area contributed by atoms with Gasteiger partial charge in [-0.3, -0.25) is 0 Å². The SMILES string of the molecule is CC(C)C(C)SCc1cc(F)cc(/C=C/C(=O)O)c1. The number of carboxylic acid groups (broad SMARTS) is 1. The normalized spacial score (nSPS) is 13.1. The fraction of sp³-hybridized carbons (Fsp3) is 0.400. The van der Waals surface area contributed by atoms with Crippen molar-refractivity contribution in [2.45, 2.75) is 31.8 Å². The van der Waals surface area contributed by atoms with Crippen molar-refractivity contribution in [3.05, 3.63) is 41.2 Å². The van der Waals surface area contributed by atoms with Gasteiger partial charge >= 0.3 is 5.97 Å². The second-order valence-electron chi connectivity index (χ2n) is 4.82. The molecule has 1 rings (SSSR count). The Balaban J connectivity index is 2.76. The van der Waals surface area contributed by atoms with Crippen molar-refractivity contribution in [1.29, 1.82) is 0 Å². The van der Waals surface area contributed by atoms with Gasteiger partial charge in [0.1, 0.15) is 5.82 Å². The third kappa shape index (κ3) is 5.92. The molecule has 0 saturated carbocycles. The van der Waals surface area contributed by atoms with Gasteiger partial charge in [0, 0.05) is 17.1 Å². The zero-order valence-electron chi connectivity index (χ0n) is 11.4. The number of aliphatic carboxylic acids is 1. The Morgan fingerprint density at radius 3 is 2.63 bits per heavy atom. The zero-order valence-corrected chi connectivity index (χ0v) is 12.2. The number of hydrogen-bond acceptors (Lipinski definition) is 2. The van der Waals surface area contributed by atoms with Gasteiger partial charge in [-0.25, -0.2) is 9.18 Å². The van der Waals surface area contributed by atoms with Gasteiger partial charge in [-0.1, -0.05) is 26.8 Å². The van der Waals surface area contributed by atoms with Crippen LogP contribution >= 0.6 is 11.8 Å². The number of rotatable bonds is 6. The molecule has 0 radical (unpaired) electrons. The van der Waals surface area contributed by atoms with E-state index in [1.54, 1.807) is 11.8 Å². The fourth-order valence-electron chi connectivity index (χ4n) is 1.44. The van der Waals surface area contributed by atoms with E-state index in [-0.39, 0.29) is 5.82 Å². The molecule has 1 unspecified atom stereocenters. The van der Waals surface area contributed by atoms with Gasteiger partial charge in [-0.15, -0.1) is 0 Å².